The minimum absolute atomic E-state index is 0.302. The highest BCUT2D eigenvalue weighted by Crippen LogP contribution is 2.40. The fourth-order valence-electron chi connectivity index (χ4n) is 6.76. The fourth-order valence-corrected chi connectivity index (χ4v) is 7.76. The summed E-state index contributed by atoms with van der Waals surface area (Å²) in [5.74, 6) is 0.605. The van der Waals surface area contributed by atoms with E-state index in [2.05, 4.69) is 38.1 Å². The highest BCUT2D eigenvalue weighted by atomic mass is 32.2. The number of aryl methyl sites for hydroxylation is 2. The van der Waals surface area contributed by atoms with Crippen LogP contribution in [0.2, 0.25) is 0 Å². The first-order chi connectivity index (χ1) is 23.1. The zero-order chi connectivity index (χ0) is 33.6. The van der Waals surface area contributed by atoms with E-state index in [0.717, 1.165) is 22.6 Å². The van der Waals surface area contributed by atoms with Gasteiger partial charge in [0.1, 0.15) is 11.5 Å². The average Bonchev–Trinajstić information content (AvgIpc) is 3.07. The van der Waals surface area contributed by atoms with Gasteiger partial charge in [0, 0.05) is 0 Å². The highest BCUT2D eigenvalue weighted by molar-refractivity contribution is 7.99. The van der Waals surface area contributed by atoms with Gasteiger partial charge in [0.05, 0.1) is 9.79 Å². The zero-order valence-corrected chi connectivity index (χ0v) is 31.8. The third kappa shape index (κ3) is 21.9. The SMILES string of the molecule is CCCCCCCCCCCCCCCCc1ccc(O)c(Sc2cc(CCCCCCCCCCCCCCCC)ccc2O)c1. The van der Waals surface area contributed by atoms with E-state index in [1.54, 1.807) is 0 Å². The van der Waals surface area contributed by atoms with Crippen LogP contribution in [0.4, 0.5) is 0 Å². The van der Waals surface area contributed by atoms with Crippen LogP contribution in [0.15, 0.2) is 46.2 Å². The molecule has 0 aliphatic rings. The Hall–Kier alpha value is -1.61. The summed E-state index contributed by atoms with van der Waals surface area (Å²) in [6, 6.07) is 12.0. The van der Waals surface area contributed by atoms with Crippen LogP contribution in [-0.4, -0.2) is 10.2 Å². The van der Waals surface area contributed by atoms with Crippen LogP contribution in [0.25, 0.3) is 0 Å². The average molecular weight is 667 g/mol. The van der Waals surface area contributed by atoms with Crippen LogP contribution in [0, 0.1) is 0 Å². The van der Waals surface area contributed by atoms with Gasteiger partial charge >= 0.3 is 0 Å². The predicted molar refractivity (Wildman–Crippen MR) is 208 cm³/mol. The van der Waals surface area contributed by atoms with Gasteiger partial charge in [-0.2, -0.15) is 0 Å². The van der Waals surface area contributed by atoms with Gasteiger partial charge in [-0.3, -0.25) is 0 Å². The standard InChI is InChI=1S/C44H74O2S/c1-3-5-7-9-11-13-15-17-19-21-23-25-27-29-31-39-33-35-41(45)43(37-39)47-44-38-40(34-36-42(44)46)32-30-28-26-24-22-20-18-16-14-12-10-8-6-4-2/h33-38,45-46H,3-32H2,1-2H3. The van der Waals surface area contributed by atoms with Crippen molar-refractivity contribution in [3.05, 3.63) is 47.5 Å². The Bertz CT molecular complexity index is 923. The third-order valence-electron chi connectivity index (χ3n) is 9.91. The Kier molecular flexibility index (Phi) is 25.9. The minimum Gasteiger partial charge on any atom is -0.507 e. The van der Waals surface area contributed by atoms with E-state index >= 15 is 0 Å². The van der Waals surface area contributed by atoms with Crippen molar-refractivity contribution in [2.75, 3.05) is 0 Å². The number of rotatable bonds is 32. The molecule has 47 heavy (non-hydrogen) atoms. The van der Waals surface area contributed by atoms with Gasteiger partial charge in [0.25, 0.3) is 0 Å². The molecule has 268 valence electrons. The molecule has 0 saturated heterocycles. The number of hydrogen-bond donors (Lipinski definition) is 2. The van der Waals surface area contributed by atoms with Crippen LogP contribution in [0.1, 0.15) is 205 Å². The van der Waals surface area contributed by atoms with Crippen LogP contribution < -0.4 is 0 Å². The molecule has 0 aliphatic carbocycles. The topological polar surface area (TPSA) is 40.5 Å². The molecule has 0 spiro atoms. The van der Waals surface area contributed by atoms with E-state index in [-0.39, 0.29) is 0 Å². The molecule has 0 heterocycles. The number of benzene rings is 2. The second-order valence-electron chi connectivity index (χ2n) is 14.4. The summed E-state index contributed by atoms with van der Waals surface area (Å²) in [7, 11) is 0. The molecule has 3 heteroatoms. The largest absolute Gasteiger partial charge is 0.507 e. The van der Waals surface area contributed by atoms with Crippen molar-refractivity contribution < 1.29 is 10.2 Å². The molecule has 2 nitrogen and oxygen atoms in total. The molecule has 0 bridgehead atoms. The molecule has 0 atom stereocenters. The summed E-state index contributed by atoms with van der Waals surface area (Å²) in [5, 5.41) is 21.2. The molecule has 0 aliphatic heterocycles. The Labute approximate surface area is 296 Å². The quantitative estimate of drug-likeness (QED) is 0.0764. The van der Waals surface area contributed by atoms with Crippen molar-refractivity contribution in [1.82, 2.24) is 0 Å². The number of phenols is 2. The molecular formula is C44H74O2S. The Balaban J connectivity index is 1.57. The second kappa shape index (κ2) is 29.3. The smallest absolute Gasteiger partial charge is 0.129 e. The third-order valence-corrected chi connectivity index (χ3v) is 11.0. The fraction of sp³-hybridized carbons (Fsp3) is 0.727. The lowest BCUT2D eigenvalue weighted by molar-refractivity contribution is 0.459. The molecule has 2 N–H and O–H groups in total. The van der Waals surface area contributed by atoms with Gasteiger partial charge in [0.15, 0.2) is 0 Å². The molecule has 0 unspecified atom stereocenters. The summed E-state index contributed by atoms with van der Waals surface area (Å²) in [6.07, 6.45) is 40.7. The van der Waals surface area contributed by atoms with Gasteiger partial charge in [-0.05, 0) is 61.1 Å². The number of hydrogen-bond acceptors (Lipinski definition) is 3. The van der Waals surface area contributed by atoms with E-state index < -0.39 is 0 Å². The first-order valence-corrected chi connectivity index (χ1v) is 21.3. The van der Waals surface area contributed by atoms with Crippen molar-refractivity contribution in [3.63, 3.8) is 0 Å². The van der Waals surface area contributed by atoms with Crippen LogP contribution in [0.5, 0.6) is 11.5 Å². The summed E-state index contributed by atoms with van der Waals surface area (Å²) in [6.45, 7) is 4.58. The molecule has 0 saturated carbocycles. The monoisotopic (exact) mass is 667 g/mol. The van der Waals surface area contributed by atoms with Crippen molar-refractivity contribution in [3.8, 4) is 11.5 Å². The van der Waals surface area contributed by atoms with Crippen LogP contribution in [0.3, 0.4) is 0 Å². The lowest BCUT2D eigenvalue weighted by Gasteiger charge is -2.11. The minimum atomic E-state index is 0.302. The van der Waals surface area contributed by atoms with Gasteiger partial charge in [-0.25, -0.2) is 0 Å². The van der Waals surface area contributed by atoms with Gasteiger partial charge in [-0.1, -0.05) is 205 Å². The van der Waals surface area contributed by atoms with E-state index in [1.165, 1.54) is 203 Å². The number of aromatic hydroxyl groups is 2. The van der Waals surface area contributed by atoms with Crippen molar-refractivity contribution in [1.29, 1.82) is 0 Å². The van der Waals surface area contributed by atoms with Crippen molar-refractivity contribution in [2.45, 2.75) is 216 Å². The Morgan fingerprint density at radius 3 is 0.894 bits per heavy atom. The lowest BCUT2D eigenvalue weighted by atomic mass is 10.0. The zero-order valence-electron chi connectivity index (χ0n) is 31.0. The highest BCUT2D eigenvalue weighted by Gasteiger charge is 2.10. The molecule has 0 radical (unpaired) electrons. The molecule has 2 rings (SSSR count). The van der Waals surface area contributed by atoms with Gasteiger partial charge in [0.2, 0.25) is 0 Å². The Morgan fingerprint density at radius 1 is 0.362 bits per heavy atom. The lowest BCUT2D eigenvalue weighted by Crippen LogP contribution is -1.90. The first-order valence-electron chi connectivity index (χ1n) is 20.5. The van der Waals surface area contributed by atoms with E-state index in [4.69, 9.17) is 0 Å². The predicted octanol–water partition coefficient (Wildman–Crippen LogP) is 15.3. The second-order valence-corrected chi connectivity index (χ2v) is 15.5. The summed E-state index contributed by atoms with van der Waals surface area (Å²) in [4.78, 5) is 1.69. The maximum Gasteiger partial charge on any atom is 0.129 e. The van der Waals surface area contributed by atoms with Crippen molar-refractivity contribution >= 4 is 11.8 Å². The molecule has 0 aromatic heterocycles. The molecule has 2 aromatic rings. The van der Waals surface area contributed by atoms with Crippen LogP contribution >= 0.6 is 11.8 Å². The van der Waals surface area contributed by atoms with Crippen LogP contribution in [-0.2, 0) is 12.8 Å². The Morgan fingerprint density at radius 2 is 0.617 bits per heavy atom. The summed E-state index contributed by atoms with van der Waals surface area (Å²) >= 11 is 1.50. The maximum absolute atomic E-state index is 10.6. The van der Waals surface area contributed by atoms with Gasteiger partial charge < -0.3 is 10.2 Å². The number of unbranched alkanes of at least 4 members (excludes halogenated alkanes) is 26. The van der Waals surface area contributed by atoms with Gasteiger partial charge in [-0.15, -0.1) is 0 Å². The molecule has 0 fully saturated rings. The summed E-state index contributed by atoms with van der Waals surface area (Å²) < 4.78 is 0. The normalized spacial score (nSPS) is 11.4. The van der Waals surface area contributed by atoms with Crippen molar-refractivity contribution in [2.24, 2.45) is 0 Å². The van der Waals surface area contributed by atoms with E-state index in [0.29, 0.717) is 11.5 Å². The van der Waals surface area contributed by atoms with E-state index in [1.807, 2.05) is 12.1 Å². The summed E-state index contributed by atoms with van der Waals surface area (Å²) in [5.41, 5.74) is 2.56. The van der Waals surface area contributed by atoms with E-state index in [9.17, 15) is 10.2 Å². The number of phenolic OH excluding ortho intramolecular Hbond substituents is 2. The maximum atomic E-state index is 10.6. The molecular weight excluding hydrogens is 593 g/mol. The first kappa shape index (κ1) is 41.6. The molecule has 0 amide bonds. The molecule has 2 aromatic carbocycles.